The largest absolute Gasteiger partial charge is 0.714 e. The molecule has 1 unspecified atom stereocenters. The van der Waals surface area contributed by atoms with E-state index < -0.39 is 62.1 Å². The van der Waals surface area contributed by atoms with Crippen molar-refractivity contribution in [3.05, 3.63) is 0 Å². The zero-order valence-corrected chi connectivity index (χ0v) is 16.7. The summed E-state index contributed by atoms with van der Waals surface area (Å²) in [7, 11) is -6.16. The Morgan fingerprint density at radius 2 is 0.903 bits per heavy atom. The first-order valence-corrected chi connectivity index (χ1v) is 9.37. The van der Waals surface area contributed by atoms with Crippen LogP contribution in [0.3, 0.4) is 0 Å². The van der Waals surface area contributed by atoms with Gasteiger partial charge in [0.05, 0.1) is 0 Å². The molecule has 0 bridgehead atoms. The van der Waals surface area contributed by atoms with Crippen molar-refractivity contribution in [2.24, 2.45) is 0 Å². The van der Waals surface area contributed by atoms with Crippen LogP contribution < -0.4 is 0 Å². The summed E-state index contributed by atoms with van der Waals surface area (Å²) in [6.07, 6.45) is -7.39. The molecule has 0 aromatic rings. The lowest BCUT2D eigenvalue weighted by Crippen LogP contribution is -2.70. The first kappa shape index (κ1) is 28.9. The fourth-order valence-corrected chi connectivity index (χ4v) is 4.49. The molecule has 0 heterocycles. The molecular weight excluding hydrogens is 489 g/mol. The summed E-state index contributed by atoms with van der Waals surface area (Å²) in [6, 6.07) is 0. The van der Waals surface area contributed by atoms with Gasteiger partial charge in [0.15, 0.2) is 0 Å². The maximum Gasteiger partial charge on any atom is 0.714 e. The molecule has 0 saturated heterocycles. The Hall–Kier alpha value is -2.14. The van der Waals surface area contributed by atoms with E-state index in [4.69, 9.17) is 0 Å². The molecular formula is C13H13F11O6Si. The summed E-state index contributed by atoms with van der Waals surface area (Å²) in [5.41, 5.74) is -3.80. The first-order valence-electron chi connectivity index (χ1n) is 7.57. The molecule has 0 saturated carbocycles. The molecule has 1 atom stereocenters. The first-order chi connectivity index (χ1) is 13.4. The van der Waals surface area contributed by atoms with Crippen molar-refractivity contribution in [2.75, 3.05) is 0 Å². The van der Waals surface area contributed by atoms with E-state index in [1.54, 1.807) is 0 Å². The maximum absolute atomic E-state index is 14.4. The van der Waals surface area contributed by atoms with Crippen LogP contribution in [-0.4, -0.2) is 56.6 Å². The third-order valence-corrected chi connectivity index (χ3v) is 6.63. The van der Waals surface area contributed by atoms with Crippen LogP contribution in [0.4, 0.5) is 48.3 Å². The molecule has 0 aromatic heterocycles. The minimum absolute atomic E-state index is 0.239. The van der Waals surface area contributed by atoms with Crippen molar-refractivity contribution >= 4 is 26.7 Å². The monoisotopic (exact) mass is 502 g/mol. The Morgan fingerprint density at radius 3 is 1.13 bits per heavy atom. The Labute approximate surface area is 167 Å². The number of carbonyl (C=O) groups is 3. The van der Waals surface area contributed by atoms with Crippen LogP contribution in [0.25, 0.3) is 0 Å². The fourth-order valence-electron chi connectivity index (χ4n) is 2.01. The normalized spacial score (nSPS) is 15.2. The zero-order chi connectivity index (χ0) is 25.4. The predicted octanol–water partition coefficient (Wildman–Crippen LogP) is 4.11. The molecule has 0 fully saturated rings. The Bertz CT molecular complexity index is 680. The predicted molar refractivity (Wildman–Crippen MR) is 76.3 cm³/mol. The van der Waals surface area contributed by atoms with E-state index in [0.29, 0.717) is 20.8 Å². The van der Waals surface area contributed by atoms with Gasteiger partial charge in [-0.05, 0) is 6.92 Å². The summed E-state index contributed by atoms with van der Waals surface area (Å²) >= 11 is 0. The van der Waals surface area contributed by atoms with Crippen LogP contribution >= 0.6 is 0 Å². The standard InChI is InChI=1S/C13H13F11O6Si/c1-5(31(28-6(2)25,29-7(3)26)30-8(4)27)9(14,15)10(16,17)11(18,19)12(20,21)13(22,23)24/h5H,1-4H3. The van der Waals surface area contributed by atoms with Gasteiger partial charge >= 0.3 is 38.7 Å². The number of hydrogen-bond donors (Lipinski definition) is 0. The summed E-state index contributed by atoms with van der Waals surface area (Å²) in [5, 5.41) is 0. The highest BCUT2D eigenvalue weighted by Gasteiger charge is 2.89. The number of carbonyl (C=O) groups excluding carboxylic acids is 3. The van der Waals surface area contributed by atoms with Gasteiger partial charge in [0, 0.05) is 20.8 Å². The van der Waals surface area contributed by atoms with Crippen molar-refractivity contribution in [2.45, 2.75) is 63.1 Å². The molecule has 31 heavy (non-hydrogen) atoms. The lowest BCUT2D eigenvalue weighted by molar-refractivity contribution is -0.422. The van der Waals surface area contributed by atoms with Crippen LogP contribution in [0.5, 0.6) is 0 Å². The molecule has 0 aliphatic heterocycles. The highest BCUT2D eigenvalue weighted by Crippen LogP contribution is 2.60. The zero-order valence-electron chi connectivity index (χ0n) is 15.7. The maximum atomic E-state index is 14.4. The van der Waals surface area contributed by atoms with Gasteiger partial charge < -0.3 is 13.3 Å². The lowest BCUT2D eigenvalue weighted by Gasteiger charge is -2.41. The van der Waals surface area contributed by atoms with E-state index in [9.17, 15) is 62.7 Å². The second kappa shape index (κ2) is 8.42. The molecule has 18 heteroatoms. The SMILES string of the molecule is CC(=O)O[Si](OC(C)=O)(OC(C)=O)C(C)C(F)(F)C(F)(F)C(F)(F)C(F)(F)C(F)(F)F. The molecule has 182 valence electrons. The van der Waals surface area contributed by atoms with Gasteiger partial charge in [-0.25, -0.2) is 0 Å². The molecule has 0 aromatic carbocycles. The molecule has 0 radical (unpaired) electrons. The number of rotatable bonds is 8. The molecule has 0 rings (SSSR count). The average Bonchev–Trinajstić information content (AvgIpc) is 2.50. The van der Waals surface area contributed by atoms with E-state index >= 15 is 0 Å². The Morgan fingerprint density at radius 1 is 0.613 bits per heavy atom. The highest BCUT2D eigenvalue weighted by atomic mass is 28.4. The fraction of sp³-hybridized carbons (Fsp3) is 0.769. The molecule has 0 aliphatic rings. The topological polar surface area (TPSA) is 78.9 Å². The second-order valence-electron chi connectivity index (χ2n) is 5.95. The van der Waals surface area contributed by atoms with Crippen LogP contribution in [-0.2, 0) is 27.7 Å². The van der Waals surface area contributed by atoms with Gasteiger partial charge in [-0.2, -0.15) is 48.3 Å². The lowest BCUT2D eigenvalue weighted by atomic mass is 9.96. The summed E-state index contributed by atoms with van der Waals surface area (Å²) in [4.78, 5) is 33.5. The second-order valence-corrected chi connectivity index (χ2v) is 8.64. The summed E-state index contributed by atoms with van der Waals surface area (Å²) < 4.78 is 159. The van der Waals surface area contributed by atoms with Crippen molar-refractivity contribution in [3.63, 3.8) is 0 Å². The summed E-state index contributed by atoms with van der Waals surface area (Å²) in [5.74, 6) is -34.8. The van der Waals surface area contributed by atoms with Crippen LogP contribution in [0.15, 0.2) is 0 Å². The van der Waals surface area contributed by atoms with Gasteiger partial charge in [0.2, 0.25) is 0 Å². The molecule has 6 nitrogen and oxygen atoms in total. The van der Waals surface area contributed by atoms with Crippen molar-refractivity contribution < 1.29 is 76.0 Å². The van der Waals surface area contributed by atoms with E-state index in [1.165, 1.54) is 0 Å². The Balaban J connectivity index is 6.83. The quantitative estimate of drug-likeness (QED) is 0.367. The number of halogens is 11. The van der Waals surface area contributed by atoms with Crippen LogP contribution in [0.2, 0.25) is 5.54 Å². The van der Waals surface area contributed by atoms with E-state index in [0.717, 1.165) is 0 Å². The van der Waals surface area contributed by atoms with Crippen molar-refractivity contribution in [1.82, 2.24) is 0 Å². The van der Waals surface area contributed by atoms with Gasteiger partial charge in [-0.15, -0.1) is 0 Å². The van der Waals surface area contributed by atoms with Crippen molar-refractivity contribution in [1.29, 1.82) is 0 Å². The number of hydrogen-bond acceptors (Lipinski definition) is 6. The van der Waals surface area contributed by atoms with Crippen LogP contribution in [0, 0.1) is 0 Å². The van der Waals surface area contributed by atoms with Gasteiger partial charge in [-0.1, -0.05) is 0 Å². The van der Waals surface area contributed by atoms with E-state index in [2.05, 4.69) is 13.3 Å². The third kappa shape index (κ3) is 5.03. The number of alkyl halides is 11. The minimum atomic E-state index is -7.77. The van der Waals surface area contributed by atoms with E-state index in [1.807, 2.05) is 0 Å². The molecule has 0 aliphatic carbocycles. The highest BCUT2D eigenvalue weighted by molar-refractivity contribution is 6.67. The summed E-state index contributed by atoms with van der Waals surface area (Å²) in [6.45, 7) is 0.898. The van der Waals surface area contributed by atoms with Gasteiger partial charge in [-0.3, -0.25) is 14.4 Å². The average molecular weight is 502 g/mol. The molecule has 0 amide bonds. The molecule has 0 spiro atoms. The van der Waals surface area contributed by atoms with Crippen LogP contribution in [0.1, 0.15) is 27.7 Å². The van der Waals surface area contributed by atoms with Crippen molar-refractivity contribution in [3.8, 4) is 0 Å². The minimum Gasteiger partial charge on any atom is -0.455 e. The Kier molecular flexibility index (Phi) is 7.84. The smallest absolute Gasteiger partial charge is 0.455 e. The van der Waals surface area contributed by atoms with E-state index in [-0.39, 0.29) is 6.92 Å². The molecule has 0 N–H and O–H groups in total. The van der Waals surface area contributed by atoms with Gasteiger partial charge in [0.25, 0.3) is 17.9 Å². The third-order valence-electron chi connectivity index (χ3n) is 3.50. The van der Waals surface area contributed by atoms with Gasteiger partial charge in [0.1, 0.15) is 5.54 Å².